The third-order valence-corrected chi connectivity index (χ3v) is 4.76. The molecule has 0 unspecified atom stereocenters. The van der Waals surface area contributed by atoms with E-state index in [0.29, 0.717) is 38.1 Å². The lowest BCUT2D eigenvalue weighted by atomic mass is 9.93. The molecule has 0 atom stereocenters. The molecule has 0 radical (unpaired) electrons. The molecule has 0 fully saturated rings. The van der Waals surface area contributed by atoms with Gasteiger partial charge in [-0.3, -0.25) is 4.99 Å². The summed E-state index contributed by atoms with van der Waals surface area (Å²) in [5.74, 6) is 1.18. The minimum atomic E-state index is -0.547. The van der Waals surface area contributed by atoms with E-state index in [1.807, 2.05) is 46.8 Å². The number of carbonyl (C=O) groups is 1. The minimum absolute atomic E-state index is 0. The number of rotatable bonds is 11. The Hall–Kier alpha value is -1.82. The highest BCUT2D eigenvalue weighted by Gasteiger charge is 2.30. The molecule has 0 aliphatic rings. The molecule has 0 saturated carbocycles. The standard InChI is InChI=1S/C22H39N5O4.HI/c1-8-22(9-2,27-20(28)31-21(3,4)5)16-26-19(23-6)25-15-17-11-10-12-24-18(17)30-14-13-29-7;/h10-12H,8-9,13-16H2,1-7H3,(H,27,28)(H2,23,25,26);1H. The van der Waals surface area contributed by atoms with E-state index in [9.17, 15) is 4.79 Å². The Morgan fingerprint density at radius 3 is 2.41 bits per heavy atom. The zero-order chi connectivity index (χ0) is 23.3. The Balaban J connectivity index is 0.00000961. The molecule has 1 amide bonds. The van der Waals surface area contributed by atoms with Gasteiger partial charge in [-0.25, -0.2) is 9.78 Å². The van der Waals surface area contributed by atoms with Gasteiger partial charge in [-0.2, -0.15) is 0 Å². The first-order chi connectivity index (χ1) is 14.7. The Morgan fingerprint density at radius 2 is 1.84 bits per heavy atom. The fourth-order valence-electron chi connectivity index (χ4n) is 2.80. The van der Waals surface area contributed by atoms with E-state index in [1.165, 1.54) is 0 Å². The predicted molar refractivity (Wildman–Crippen MR) is 138 cm³/mol. The molecule has 0 bridgehead atoms. The molecule has 0 aliphatic carbocycles. The van der Waals surface area contributed by atoms with Gasteiger partial charge < -0.3 is 30.2 Å². The molecule has 0 aromatic carbocycles. The van der Waals surface area contributed by atoms with Crippen LogP contribution >= 0.6 is 24.0 Å². The van der Waals surface area contributed by atoms with Crippen LogP contribution in [0.5, 0.6) is 5.88 Å². The molecule has 1 aromatic heterocycles. The summed E-state index contributed by atoms with van der Waals surface area (Å²) in [5, 5.41) is 9.61. The average Bonchev–Trinajstić information content (AvgIpc) is 2.72. The maximum absolute atomic E-state index is 12.3. The summed E-state index contributed by atoms with van der Waals surface area (Å²) in [6.07, 6.45) is 2.76. The highest BCUT2D eigenvalue weighted by atomic mass is 127. The number of hydrogen-bond donors (Lipinski definition) is 3. The van der Waals surface area contributed by atoms with Crippen LogP contribution in [0.4, 0.5) is 4.79 Å². The highest BCUT2D eigenvalue weighted by molar-refractivity contribution is 14.0. The summed E-state index contributed by atoms with van der Waals surface area (Å²) in [4.78, 5) is 20.9. The van der Waals surface area contributed by atoms with Gasteiger partial charge in [-0.05, 0) is 39.7 Å². The number of amides is 1. The van der Waals surface area contributed by atoms with Crippen molar-refractivity contribution in [3.63, 3.8) is 0 Å². The topological polar surface area (TPSA) is 106 Å². The quantitative estimate of drug-likeness (QED) is 0.163. The first-order valence-corrected chi connectivity index (χ1v) is 10.7. The van der Waals surface area contributed by atoms with Gasteiger partial charge in [0, 0.05) is 39.0 Å². The second kappa shape index (κ2) is 15.1. The maximum atomic E-state index is 12.3. The van der Waals surface area contributed by atoms with Crippen molar-refractivity contribution in [2.24, 2.45) is 4.99 Å². The summed E-state index contributed by atoms with van der Waals surface area (Å²) in [7, 11) is 3.33. The van der Waals surface area contributed by atoms with E-state index in [2.05, 4.69) is 25.9 Å². The van der Waals surface area contributed by atoms with Crippen molar-refractivity contribution in [2.45, 2.75) is 65.1 Å². The van der Waals surface area contributed by atoms with Crippen molar-refractivity contribution in [2.75, 3.05) is 33.9 Å². The minimum Gasteiger partial charge on any atom is -0.475 e. The lowest BCUT2D eigenvalue weighted by Crippen LogP contribution is -2.57. The zero-order valence-electron chi connectivity index (χ0n) is 20.4. The van der Waals surface area contributed by atoms with E-state index in [-0.39, 0.29) is 24.0 Å². The van der Waals surface area contributed by atoms with Crippen LogP contribution in [0.1, 0.15) is 53.0 Å². The number of alkyl carbamates (subject to hydrolysis) is 1. The number of halogens is 1. The molecule has 1 heterocycles. The van der Waals surface area contributed by atoms with Gasteiger partial charge in [0.15, 0.2) is 5.96 Å². The number of ether oxygens (including phenoxy) is 3. The summed E-state index contributed by atoms with van der Waals surface area (Å²) in [6, 6.07) is 3.81. The summed E-state index contributed by atoms with van der Waals surface area (Å²) >= 11 is 0. The molecule has 9 nitrogen and oxygen atoms in total. The average molecular weight is 565 g/mol. The lowest BCUT2D eigenvalue weighted by molar-refractivity contribution is 0.0448. The molecule has 3 N–H and O–H groups in total. The summed E-state index contributed by atoms with van der Waals surface area (Å²) in [5.41, 5.74) is -0.0942. The maximum Gasteiger partial charge on any atom is 0.408 e. The fourth-order valence-corrected chi connectivity index (χ4v) is 2.80. The van der Waals surface area contributed by atoms with Gasteiger partial charge in [-0.1, -0.05) is 19.9 Å². The van der Waals surface area contributed by atoms with Crippen LogP contribution in [0.25, 0.3) is 0 Å². The molecule has 0 spiro atoms. The largest absolute Gasteiger partial charge is 0.475 e. The van der Waals surface area contributed by atoms with Gasteiger partial charge in [-0.15, -0.1) is 24.0 Å². The lowest BCUT2D eigenvalue weighted by Gasteiger charge is -2.34. The molecule has 32 heavy (non-hydrogen) atoms. The molecule has 10 heteroatoms. The molecule has 0 aliphatic heterocycles. The Kier molecular flexibility index (Phi) is 14.2. The van der Waals surface area contributed by atoms with Crippen molar-refractivity contribution in [3.05, 3.63) is 23.9 Å². The normalized spacial score (nSPS) is 11.9. The highest BCUT2D eigenvalue weighted by Crippen LogP contribution is 2.17. The monoisotopic (exact) mass is 565 g/mol. The van der Waals surface area contributed by atoms with E-state index >= 15 is 0 Å². The van der Waals surface area contributed by atoms with Gasteiger partial charge >= 0.3 is 6.09 Å². The van der Waals surface area contributed by atoms with Crippen molar-refractivity contribution < 1.29 is 19.0 Å². The van der Waals surface area contributed by atoms with Crippen LogP contribution in [0.3, 0.4) is 0 Å². The van der Waals surface area contributed by atoms with Crippen molar-refractivity contribution in [3.8, 4) is 5.88 Å². The Labute approximate surface area is 209 Å². The number of carbonyl (C=O) groups excluding carboxylic acids is 1. The number of methoxy groups -OCH3 is 1. The van der Waals surface area contributed by atoms with E-state index in [4.69, 9.17) is 14.2 Å². The smallest absolute Gasteiger partial charge is 0.408 e. The SMILES string of the molecule is CCC(CC)(CNC(=NC)NCc1cccnc1OCCOC)NC(=O)OC(C)(C)C.I. The number of pyridine rings is 1. The Morgan fingerprint density at radius 1 is 1.16 bits per heavy atom. The van der Waals surface area contributed by atoms with Crippen LogP contribution in [0, 0.1) is 0 Å². The van der Waals surface area contributed by atoms with Crippen LogP contribution in [0.15, 0.2) is 23.3 Å². The third kappa shape index (κ3) is 11.2. The molecular formula is C22H40IN5O4. The zero-order valence-corrected chi connectivity index (χ0v) is 22.7. The Bertz CT molecular complexity index is 706. The second-order valence-corrected chi connectivity index (χ2v) is 8.20. The number of guanidine groups is 1. The van der Waals surface area contributed by atoms with E-state index in [0.717, 1.165) is 18.4 Å². The first-order valence-electron chi connectivity index (χ1n) is 10.7. The van der Waals surface area contributed by atoms with Crippen LogP contribution in [-0.4, -0.2) is 62.1 Å². The molecule has 1 rings (SSSR count). The molecule has 184 valence electrons. The number of nitrogens with one attached hydrogen (secondary N) is 3. The summed E-state index contributed by atoms with van der Waals surface area (Å²) in [6.45, 7) is 11.5. The molecule has 0 saturated heterocycles. The van der Waals surface area contributed by atoms with Crippen molar-refractivity contribution in [1.29, 1.82) is 0 Å². The number of aliphatic imine (C=N–C) groups is 1. The van der Waals surface area contributed by atoms with E-state index < -0.39 is 17.2 Å². The van der Waals surface area contributed by atoms with Gasteiger partial charge in [0.05, 0.1) is 12.1 Å². The van der Waals surface area contributed by atoms with Gasteiger partial charge in [0.2, 0.25) is 5.88 Å². The molecule has 1 aromatic rings. The predicted octanol–water partition coefficient (Wildman–Crippen LogP) is 3.47. The van der Waals surface area contributed by atoms with Crippen molar-refractivity contribution >= 4 is 36.0 Å². The first kappa shape index (κ1) is 30.2. The van der Waals surface area contributed by atoms with Crippen molar-refractivity contribution in [1.82, 2.24) is 20.9 Å². The second-order valence-electron chi connectivity index (χ2n) is 8.20. The fraction of sp³-hybridized carbons (Fsp3) is 0.682. The van der Waals surface area contributed by atoms with Crippen LogP contribution in [0.2, 0.25) is 0 Å². The number of nitrogens with zero attached hydrogens (tertiary/aromatic N) is 2. The van der Waals surface area contributed by atoms with Crippen LogP contribution in [-0.2, 0) is 16.0 Å². The molecular weight excluding hydrogens is 525 g/mol. The summed E-state index contributed by atoms with van der Waals surface area (Å²) < 4.78 is 16.1. The number of aromatic nitrogens is 1. The number of hydrogen-bond acceptors (Lipinski definition) is 6. The van der Waals surface area contributed by atoms with E-state index in [1.54, 1.807) is 20.4 Å². The van der Waals surface area contributed by atoms with Crippen LogP contribution < -0.4 is 20.7 Å². The van der Waals surface area contributed by atoms with Gasteiger partial charge in [0.25, 0.3) is 0 Å². The van der Waals surface area contributed by atoms with Gasteiger partial charge in [0.1, 0.15) is 12.2 Å². The third-order valence-electron chi connectivity index (χ3n) is 4.76.